The summed E-state index contributed by atoms with van der Waals surface area (Å²) in [4.78, 5) is 23.4. The normalized spacial score (nSPS) is 27.8. The van der Waals surface area contributed by atoms with Gasteiger partial charge in [-0.1, -0.05) is 0 Å². The van der Waals surface area contributed by atoms with Crippen molar-refractivity contribution in [2.75, 3.05) is 26.4 Å². The summed E-state index contributed by atoms with van der Waals surface area (Å²) in [6.07, 6.45) is 0.620. The van der Waals surface area contributed by atoms with Gasteiger partial charge >= 0.3 is 11.9 Å². The van der Waals surface area contributed by atoms with Crippen molar-refractivity contribution in [3.05, 3.63) is 0 Å². The summed E-state index contributed by atoms with van der Waals surface area (Å²) in [7, 11) is 0. The molecule has 2 atom stereocenters. The highest BCUT2D eigenvalue weighted by atomic mass is 16.7. The van der Waals surface area contributed by atoms with Gasteiger partial charge in [-0.15, -0.1) is 0 Å². The van der Waals surface area contributed by atoms with E-state index in [-0.39, 0.29) is 37.1 Å². The minimum atomic E-state index is -0.639. The molecule has 7 heteroatoms. The summed E-state index contributed by atoms with van der Waals surface area (Å²) in [5.74, 6) is -1.25. The third kappa shape index (κ3) is 6.37. The van der Waals surface area contributed by atoms with Gasteiger partial charge in [-0.2, -0.15) is 0 Å². The van der Waals surface area contributed by atoms with Gasteiger partial charge < -0.3 is 23.7 Å². The first kappa shape index (κ1) is 19.1. The lowest BCUT2D eigenvalue weighted by atomic mass is 9.99. The number of carbonyl (C=O) groups excluding carboxylic acids is 2. The molecule has 0 spiro atoms. The van der Waals surface area contributed by atoms with E-state index in [2.05, 4.69) is 0 Å². The molecule has 0 aromatic rings. The predicted molar refractivity (Wildman–Crippen MR) is 84.2 cm³/mol. The summed E-state index contributed by atoms with van der Waals surface area (Å²) in [6, 6.07) is 0. The maximum absolute atomic E-state index is 11.7. The predicted octanol–water partition coefficient (Wildman–Crippen LogP) is 1.82. The van der Waals surface area contributed by atoms with Crippen LogP contribution < -0.4 is 0 Å². The fraction of sp³-hybridized carbons (Fsp3) is 0.882. The van der Waals surface area contributed by atoms with Crippen LogP contribution in [0, 0.1) is 5.92 Å². The van der Waals surface area contributed by atoms with Crippen LogP contribution in [-0.2, 0) is 33.3 Å². The molecule has 2 unspecified atom stereocenters. The minimum absolute atomic E-state index is 0.00244. The van der Waals surface area contributed by atoms with E-state index in [9.17, 15) is 9.59 Å². The highest BCUT2D eigenvalue weighted by Gasteiger charge is 2.34. The van der Waals surface area contributed by atoms with E-state index in [1.165, 1.54) is 0 Å². The van der Waals surface area contributed by atoms with Crippen molar-refractivity contribution in [2.24, 2.45) is 5.92 Å². The Morgan fingerprint density at radius 1 is 0.958 bits per heavy atom. The SMILES string of the molecule is CC1(C)CC(COC(=O)CCC(=O)OCC2COC(C)(C)O2)CO1. The van der Waals surface area contributed by atoms with Crippen molar-refractivity contribution in [3.8, 4) is 0 Å². The molecule has 2 aliphatic rings. The average molecular weight is 344 g/mol. The highest BCUT2D eigenvalue weighted by molar-refractivity contribution is 5.77. The lowest BCUT2D eigenvalue weighted by Gasteiger charge is -2.17. The van der Waals surface area contributed by atoms with Gasteiger partial charge in [0.1, 0.15) is 12.7 Å². The average Bonchev–Trinajstić information content (AvgIpc) is 3.02. The second-order valence-electron chi connectivity index (χ2n) is 7.46. The third-order valence-electron chi connectivity index (χ3n) is 4.00. The zero-order chi connectivity index (χ0) is 17.8. The Kier molecular flexibility index (Phi) is 6.22. The molecule has 2 aliphatic heterocycles. The zero-order valence-corrected chi connectivity index (χ0v) is 15.0. The van der Waals surface area contributed by atoms with Crippen LogP contribution in [0.1, 0.15) is 47.0 Å². The number of hydrogen-bond acceptors (Lipinski definition) is 7. The molecule has 24 heavy (non-hydrogen) atoms. The van der Waals surface area contributed by atoms with Crippen molar-refractivity contribution in [3.63, 3.8) is 0 Å². The van der Waals surface area contributed by atoms with Gasteiger partial charge in [0.05, 0.1) is 38.3 Å². The Hall–Kier alpha value is -1.18. The molecule has 138 valence electrons. The number of rotatable bonds is 7. The molecular weight excluding hydrogens is 316 g/mol. The minimum Gasteiger partial charge on any atom is -0.465 e. The molecular formula is C17H28O7. The number of ether oxygens (including phenoxy) is 5. The van der Waals surface area contributed by atoms with Gasteiger partial charge in [-0.3, -0.25) is 9.59 Å². The van der Waals surface area contributed by atoms with Crippen LogP contribution in [0.2, 0.25) is 0 Å². The van der Waals surface area contributed by atoms with Crippen molar-refractivity contribution in [2.45, 2.75) is 64.4 Å². The molecule has 2 heterocycles. The third-order valence-corrected chi connectivity index (χ3v) is 4.00. The molecule has 0 bridgehead atoms. The molecule has 0 aliphatic carbocycles. The van der Waals surface area contributed by atoms with E-state index in [1.807, 2.05) is 13.8 Å². The maximum Gasteiger partial charge on any atom is 0.306 e. The smallest absolute Gasteiger partial charge is 0.306 e. The molecule has 2 fully saturated rings. The zero-order valence-electron chi connectivity index (χ0n) is 15.0. The summed E-state index contributed by atoms with van der Waals surface area (Å²) in [6.45, 7) is 9.11. The van der Waals surface area contributed by atoms with Crippen LogP contribution in [-0.4, -0.2) is 55.9 Å². The van der Waals surface area contributed by atoms with Crippen LogP contribution in [0.4, 0.5) is 0 Å². The lowest BCUT2D eigenvalue weighted by molar-refractivity contribution is -0.159. The van der Waals surface area contributed by atoms with Gasteiger partial charge in [-0.25, -0.2) is 0 Å². The van der Waals surface area contributed by atoms with Crippen molar-refractivity contribution in [1.82, 2.24) is 0 Å². The maximum atomic E-state index is 11.7. The molecule has 0 aromatic carbocycles. The van der Waals surface area contributed by atoms with Crippen molar-refractivity contribution >= 4 is 11.9 Å². The van der Waals surface area contributed by atoms with Gasteiger partial charge in [0, 0.05) is 5.92 Å². The Morgan fingerprint density at radius 2 is 1.58 bits per heavy atom. The molecule has 0 aromatic heterocycles. The van der Waals surface area contributed by atoms with Gasteiger partial charge in [0.25, 0.3) is 0 Å². The van der Waals surface area contributed by atoms with E-state index in [0.29, 0.717) is 19.8 Å². The summed E-state index contributed by atoms with van der Waals surface area (Å²) < 4.78 is 26.8. The first-order valence-electron chi connectivity index (χ1n) is 8.42. The molecule has 2 saturated heterocycles. The lowest BCUT2D eigenvalue weighted by Crippen LogP contribution is -2.25. The van der Waals surface area contributed by atoms with Crippen LogP contribution in [0.3, 0.4) is 0 Å². The Labute approximate surface area is 142 Å². The summed E-state index contributed by atoms with van der Waals surface area (Å²) in [5.41, 5.74) is -0.151. The van der Waals surface area contributed by atoms with E-state index >= 15 is 0 Å². The largest absolute Gasteiger partial charge is 0.465 e. The highest BCUT2D eigenvalue weighted by Crippen LogP contribution is 2.29. The molecule has 0 N–H and O–H groups in total. The van der Waals surface area contributed by atoms with Crippen LogP contribution in [0.15, 0.2) is 0 Å². The Morgan fingerprint density at radius 3 is 2.08 bits per heavy atom. The number of hydrogen-bond donors (Lipinski definition) is 0. The second kappa shape index (κ2) is 7.80. The quantitative estimate of drug-likeness (QED) is 0.652. The standard InChI is InChI=1S/C17H28O7/c1-16(2)7-12(9-22-16)8-20-14(18)5-6-15(19)21-10-13-11-23-17(3,4)24-13/h12-13H,5-11H2,1-4H3. The van der Waals surface area contributed by atoms with E-state index in [1.54, 1.807) is 13.8 Å². The Bertz CT molecular complexity index is 416. The van der Waals surface area contributed by atoms with Gasteiger partial charge in [0.15, 0.2) is 5.79 Å². The van der Waals surface area contributed by atoms with Gasteiger partial charge in [-0.05, 0) is 34.1 Å². The fourth-order valence-corrected chi connectivity index (χ4v) is 2.85. The first-order valence-corrected chi connectivity index (χ1v) is 8.42. The van der Waals surface area contributed by atoms with Crippen LogP contribution in [0.5, 0.6) is 0 Å². The first-order chi connectivity index (χ1) is 11.2. The van der Waals surface area contributed by atoms with Crippen LogP contribution >= 0.6 is 0 Å². The molecule has 0 radical (unpaired) electrons. The topological polar surface area (TPSA) is 80.3 Å². The number of carbonyl (C=O) groups is 2. The molecule has 0 saturated carbocycles. The van der Waals surface area contributed by atoms with E-state index < -0.39 is 17.7 Å². The molecule has 7 nitrogen and oxygen atoms in total. The van der Waals surface area contributed by atoms with E-state index in [4.69, 9.17) is 23.7 Å². The van der Waals surface area contributed by atoms with Crippen molar-refractivity contribution < 1.29 is 33.3 Å². The summed E-state index contributed by atoms with van der Waals surface area (Å²) in [5, 5.41) is 0. The number of esters is 2. The van der Waals surface area contributed by atoms with Gasteiger partial charge in [0.2, 0.25) is 0 Å². The Balaban J connectivity index is 1.54. The molecule has 0 amide bonds. The van der Waals surface area contributed by atoms with Crippen molar-refractivity contribution in [1.29, 1.82) is 0 Å². The molecule has 2 rings (SSSR count). The van der Waals surface area contributed by atoms with E-state index in [0.717, 1.165) is 6.42 Å². The fourth-order valence-electron chi connectivity index (χ4n) is 2.85. The monoisotopic (exact) mass is 344 g/mol. The van der Waals surface area contributed by atoms with Crippen LogP contribution in [0.25, 0.3) is 0 Å². The summed E-state index contributed by atoms with van der Waals surface area (Å²) >= 11 is 0. The second-order valence-corrected chi connectivity index (χ2v) is 7.46.